The molecule has 0 bridgehead atoms. The Balaban J connectivity index is 0.000000111. The molecule has 2 aliphatic heterocycles. The highest BCUT2D eigenvalue weighted by Gasteiger charge is 2.35. The number of nitrogens with zero attached hydrogens (tertiary/aromatic N) is 10. The normalized spacial score (nSPS) is 16.2. The Bertz CT molecular complexity index is 3960. The van der Waals surface area contributed by atoms with E-state index in [4.69, 9.17) is 29.1 Å². The minimum Gasteiger partial charge on any atom is -0.444 e. The molecule has 14 rings (SSSR count). The summed E-state index contributed by atoms with van der Waals surface area (Å²) in [6.45, 7) is 19.2. The summed E-state index contributed by atoms with van der Waals surface area (Å²) in [5, 5.41) is 17.8. The second kappa shape index (κ2) is 20.8. The first kappa shape index (κ1) is 50.6. The van der Waals surface area contributed by atoms with Gasteiger partial charge in [0.05, 0.1) is 24.3 Å². The highest BCUT2D eigenvalue weighted by molar-refractivity contribution is 5.75. The number of fused-ring (bicyclic) bond motifs is 4. The van der Waals surface area contributed by atoms with Gasteiger partial charge in [-0.25, -0.2) is 0 Å². The van der Waals surface area contributed by atoms with Crippen LogP contribution in [-0.4, -0.2) is 76.7 Å². The lowest BCUT2D eigenvalue weighted by atomic mass is 9.90. The Morgan fingerprint density at radius 2 is 0.922 bits per heavy atom. The third-order valence-electron chi connectivity index (χ3n) is 15.2. The van der Waals surface area contributed by atoms with Gasteiger partial charge in [-0.2, -0.15) is 38.5 Å². The van der Waals surface area contributed by atoms with E-state index in [2.05, 4.69) is 120 Å². The summed E-state index contributed by atoms with van der Waals surface area (Å²) in [6.07, 6.45) is 15.7. The van der Waals surface area contributed by atoms with Crippen molar-refractivity contribution in [2.24, 2.45) is 16.9 Å². The average Bonchev–Trinajstić information content (AvgIpc) is 4.40. The van der Waals surface area contributed by atoms with Gasteiger partial charge >= 0.3 is 0 Å². The molecule has 0 aliphatic carbocycles. The maximum absolute atomic E-state index is 6.23. The molecule has 4 aromatic carbocycles. The molecule has 2 aliphatic rings. The molecular weight excluding hydrogens is 965 g/mol. The van der Waals surface area contributed by atoms with E-state index in [1.807, 2.05) is 98.0 Å². The molecule has 0 spiro atoms. The van der Waals surface area contributed by atoms with Crippen LogP contribution in [0.1, 0.15) is 61.1 Å². The summed E-state index contributed by atoms with van der Waals surface area (Å²) in [4.78, 5) is 4.66. The molecule has 394 valence electrons. The number of benzene rings is 4. The van der Waals surface area contributed by atoms with Gasteiger partial charge in [0.25, 0.3) is 0 Å². The Morgan fingerprint density at radius 3 is 1.40 bits per heavy atom. The van der Waals surface area contributed by atoms with Crippen LogP contribution in [0.5, 0.6) is 0 Å². The number of anilines is 2. The van der Waals surface area contributed by atoms with Crippen molar-refractivity contribution in [3.8, 4) is 45.0 Å². The lowest BCUT2D eigenvalue weighted by molar-refractivity contribution is 0.364. The molecule has 8 aromatic heterocycles. The molecule has 77 heavy (non-hydrogen) atoms. The largest absolute Gasteiger partial charge is 0.444 e. The molecule has 16 heteroatoms. The van der Waals surface area contributed by atoms with E-state index in [-0.39, 0.29) is 11.0 Å². The van der Waals surface area contributed by atoms with E-state index in [1.54, 1.807) is 31.2 Å². The fraction of sp³-hybridized carbons (Fsp3) is 0.279. The van der Waals surface area contributed by atoms with Gasteiger partial charge in [-0.1, -0.05) is 104 Å². The van der Waals surface area contributed by atoms with Crippen LogP contribution in [0.15, 0.2) is 171 Å². The lowest BCUT2D eigenvalue weighted by Gasteiger charge is -2.37. The molecule has 2 saturated heterocycles. The number of aryl methyl sites for hydroxylation is 5. The zero-order valence-electron chi connectivity index (χ0n) is 44.9. The van der Waals surface area contributed by atoms with Crippen LogP contribution in [0, 0.1) is 40.0 Å². The summed E-state index contributed by atoms with van der Waals surface area (Å²) < 4.78 is 30.1. The number of oxazole rings is 4. The number of piperidine rings is 1. The number of nitrogens with two attached hydrogens (primary N) is 2. The molecule has 0 radical (unpaired) electrons. The van der Waals surface area contributed by atoms with Gasteiger partial charge < -0.3 is 38.9 Å². The van der Waals surface area contributed by atoms with Crippen molar-refractivity contribution in [1.29, 1.82) is 0 Å². The quantitative estimate of drug-likeness (QED) is 0.154. The Hall–Kier alpha value is -8.60. The van der Waals surface area contributed by atoms with Crippen molar-refractivity contribution in [2.75, 3.05) is 42.5 Å². The van der Waals surface area contributed by atoms with Crippen LogP contribution in [0.2, 0.25) is 0 Å². The van der Waals surface area contributed by atoms with Gasteiger partial charge in [-0.3, -0.25) is 0 Å². The van der Waals surface area contributed by atoms with Crippen LogP contribution in [0.25, 0.3) is 67.9 Å². The van der Waals surface area contributed by atoms with Crippen LogP contribution in [0.4, 0.5) is 11.4 Å². The summed E-state index contributed by atoms with van der Waals surface area (Å²) in [5.74, 6) is 0. The molecule has 0 amide bonds. The Labute approximate surface area is 447 Å². The number of hydrogen-bond donors (Lipinski definition) is 2. The van der Waals surface area contributed by atoms with Crippen molar-refractivity contribution in [2.45, 2.75) is 73.3 Å². The second-order valence-electron chi connectivity index (χ2n) is 21.2. The number of hydrogen-bond acceptors (Lipinski definition) is 12. The fourth-order valence-electron chi connectivity index (χ4n) is 10.4. The summed E-state index contributed by atoms with van der Waals surface area (Å²) in [6, 6.07) is 36.8. The second-order valence-corrected chi connectivity index (χ2v) is 21.2. The van der Waals surface area contributed by atoms with Crippen LogP contribution < -0.4 is 21.3 Å². The zero-order chi connectivity index (χ0) is 53.4. The molecule has 10 heterocycles. The van der Waals surface area contributed by atoms with Gasteiger partial charge in [0.2, 0.25) is 22.9 Å². The van der Waals surface area contributed by atoms with E-state index in [0.717, 1.165) is 130 Å². The minimum absolute atomic E-state index is 0.0573. The van der Waals surface area contributed by atoms with Gasteiger partial charge in [0, 0.05) is 66.1 Å². The first-order valence-corrected chi connectivity index (χ1v) is 26.3. The molecule has 16 nitrogen and oxygen atoms in total. The van der Waals surface area contributed by atoms with Crippen molar-refractivity contribution in [3.05, 3.63) is 181 Å². The molecule has 1 atom stereocenters. The van der Waals surface area contributed by atoms with E-state index in [9.17, 15) is 0 Å². The first-order chi connectivity index (χ1) is 37.3. The summed E-state index contributed by atoms with van der Waals surface area (Å²) >= 11 is 0. The Morgan fingerprint density at radius 1 is 0.494 bits per heavy atom. The van der Waals surface area contributed by atoms with Crippen molar-refractivity contribution < 1.29 is 17.7 Å². The monoisotopic (exact) mass is 1030 g/mol. The minimum atomic E-state index is -0.0573. The molecule has 12 aromatic rings. The first-order valence-electron chi connectivity index (χ1n) is 26.3. The molecular formula is C61H66N12O4. The highest BCUT2D eigenvalue weighted by Crippen LogP contribution is 2.37. The predicted molar refractivity (Wildman–Crippen MR) is 303 cm³/mol. The molecule has 4 N–H and O–H groups in total. The SMILES string of the molecule is Cc1cc2occ(-c3ccccc3C)n2n1.Cc1ccccc1-c1coc2c(N3CCC(C)(CN)C3)cnn12.Cc1ccccc1-c1coc2c(N3CCC(C)(N)CC3)cnn12.Cc1ccccc1-c1coc2ccnn12. The molecule has 1 unspecified atom stereocenters. The van der Waals surface area contributed by atoms with Crippen LogP contribution >= 0.6 is 0 Å². The van der Waals surface area contributed by atoms with Gasteiger partial charge in [0.1, 0.15) is 59.2 Å². The van der Waals surface area contributed by atoms with Crippen molar-refractivity contribution >= 4 is 34.2 Å². The van der Waals surface area contributed by atoms with Crippen LogP contribution in [0.3, 0.4) is 0 Å². The van der Waals surface area contributed by atoms with Gasteiger partial charge in [0.15, 0.2) is 0 Å². The van der Waals surface area contributed by atoms with Gasteiger partial charge in [-0.05, 0) is 95.0 Å². The summed E-state index contributed by atoms with van der Waals surface area (Å²) in [5.41, 5.74) is 32.0. The van der Waals surface area contributed by atoms with Crippen LogP contribution in [-0.2, 0) is 0 Å². The standard InChI is InChI=1S/2C18H22N4O.C13H12N2O.C12H10N2O/c1-13-5-3-4-6-14(13)16-12-23-17-15(11-20-22(16)17)21-9-7-18(2,19)8-10-21;1-13-5-3-4-6-14(13)16-10-23-17-15(9-20-22(16)17)21-8-7-18(2,11-19)12-21;1-9-5-3-4-6-11(9)12-8-16-13-7-10(2)14-15(12)13;1-9-4-2-3-5-10(9)11-8-15-12-6-7-13-14(11)12/h3-6,11-12H,7-10,19H2,1-2H3;3-6,9-10H,7-8,11-12,19H2,1-2H3;3-8H,1-2H3;2-8H,1H3. The smallest absolute Gasteiger partial charge is 0.246 e. The fourth-order valence-corrected chi connectivity index (χ4v) is 10.4. The Kier molecular flexibility index (Phi) is 13.7. The lowest BCUT2D eigenvalue weighted by Crippen LogP contribution is -2.48. The van der Waals surface area contributed by atoms with E-state index < -0.39 is 0 Å². The summed E-state index contributed by atoms with van der Waals surface area (Å²) in [7, 11) is 0. The third-order valence-corrected chi connectivity index (χ3v) is 15.2. The zero-order valence-corrected chi connectivity index (χ0v) is 44.9. The third kappa shape index (κ3) is 10.0. The van der Waals surface area contributed by atoms with E-state index in [0.29, 0.717) is 6.54 Å². The van der Waals surface area contributed by atoms with Crippen molar-refractivity contribution in [3.63, 3.8) is 0 Å². The number of aromatic nitrogens is 8. The van der Waals surface area contributed by atoms with E-state index >= 15 is 0 Å². The predicted octanol–water partition coefficient (Wildman–Crippen LogP) is 12.4. The topological polar surface area (TPSA) is 180 Å². The maximum Gasteiger partial charge on any atom is 0.246 e. The molecule has 0 saturated carbocycles. The van der Waals surface area contributed by atoms with Crippen molar-refractivity contribution in [1.82, 2.24) is 38.5 Å². The number of rotatable bonds is 7. The molecule has 2 fully saturated rings. The van der Waals surface area contributed by atoms with Gasteiger partial charge in [-0.15, -0.1) is 0 Å². The average molecular weight is 1030 g/mol. The highest BCUT2D eigenvalue weighted by atomic mass is 16.4. The maximum atomic E-state index is 6.23. The van der Waals surface area contributed by atoms with E-state index in [1.165, 1.54) is 22.3 Å².